The summed E-state index contributed by atoms with van der Waals surface area (Å²) >= 11 is 1.70. The maximum absolute atomic E-state index is 10.4. The first kappa shape index (κ1) is 11.5. The Morgan fingerprint density at radius 3 is 2.94 bits per heavy atom. The summed E-state index contributed by atoms with van der Waals surface area (Å²) in [6.45, 7) is 0. The lowest BCUT2D eigenvalue weighted by molar-refractivity contribution is -0.136. The zero-order valence-electron chi connectivity index (χ0n) is 9.24. The smallest absolute Gasteiger partial charge is 0.304 e. The van der Waals surface area contributed by atoms with Gasteiger partial charge in [0.05, 0.1) is 6.42 Å². The number of fused-ring (bicyclic) bond motifs is 1. The average Bonchev–Trinajstić information content (AvgIpc) is 2.71. The summed E-state index contributed by atoms with van der Waals surface area (Å²) in [6.07, 6.45) is 3.98. The standard InChI is InChI=1S/C13H16O2S/c14-13(15)6-7-16-9-10-4-5-11-2-1-3-12(11)8-10/h4-5,8H,1-3,6-7,9H2,(H,14,15). The monoisotopic (exact) mass is 236 g/mol. The Morgan fingerprint density at radius 2 is 2.12 bits per heavy atom. The average molecular weight is 236 g/mol. The number of thioether (sulfide) groups is 1. The number of rotatable bonds is 5. The van der Waals surface area contributed by atoms with E-state index in [9.17, 15) is 4.79 Å². The molecule has 16 heavy (non-hydrogen) atoms. The quantitative estimate of drug-likeness (QED) is 0.799. The van der Waals surface area contributed by atoms with E-state index >= 15 is 0 Å². The minimum atomic E-state index is -0.707. The van der Waals surface area contributed by atoms with Crippen molar-refractivity contribution in [3.63, 3.8) is 0 Å². The second-order valence-electron chi connectivity index (χ2n) is 4.15. The number of hydrogen-bond donors (Lipinski definition) is 1. The van der Waals surface area contributed by atoms with Gasteiger partial charge in [-0.25, -0.2) is 0 Å². The highest BCUT2D eigenvalue weighted by Crippen LogP contribution is 2.24. The number of carbonyl (C=O) groups is 1. The molecule has 0 unspecified atom stereocenters. The molecule has 2 nitrogen and oxygen atoms in total. The van der Waals surface area contributed by atoms with E-state index in [1.54, 1.807) is 11.8 Å². The van der Waals surface area contributed by atoms with Crippen LogP contribution < -0.4 is 0 Å². The van der Waals surface area contributed by atoms with Crippen LogP contribution in [-0.2, 0) is 23.4 Å². The highest BCUT2D eigenvalue weighted by molar-refractivity contribution is 7.98. The first-order chi connectivity index (χ1) is 7.75. The number of aliphatic carboxylic acids is 1. The normalized spacial score (nSPS) is 13.8. The summed E-state index contributed by atoms with van der Waals surface area (Å²) in [5, 5.41) is 8.52. The maximum Gasteiger partial charge on any atom is 0.304 e. The van der Waals surface area contributed by atoms with Crippen molar-refractivity contribution in [1.29, 1.82) is 0 Å². The van der Waals surface area contributed by atoms with Gasteiger partial charge in [-0.2, -0.15) is 11.8 Å². The van der Waals surface area contributed by atoms with Crippen molar-refractivity contribution in [2.75, 3.05) is 5.75 Å². The van der Waals surface area contributed by atoms with Gasteiger partial charge in [-0.15, -0.1) is 0 Å². The summed E-state index contributed by atoms with van der Waals surface area (Å²) in [6, 6.07) is 6.70. The molecule has 0 radical (unpaired) electrons. The molecule has 0 atom stereocenters. The molecule has 86 valence electrons. The van der Waals surface area contributed by atoms with Crippen LogP contribution >= 0.6 is 11.8 Å². The summed E-state index contributed by atoms with van der Waals surface area (Å²) in [5.74, 6) is 0.925. The molecule has 0 aliphatic heterocycles. The van der Waals surface area contributed by atoms with Gasteiger partial charge in [0.2, 0.25) is 0 Å². The lowest BCUT2D eigenvalue weighted by atomic mass is 10.1. The van der Waals surface area contributed by atoms with Crippen LogP contribution in [-0.4, -0.2) is 16.8 Å². The third kappa shape index (κ3) is 3.01. The number of hydrogen-bond acceptors (Lipinski definition) is 2. The number of aryl methyl sites for hydroxylation is 2. The predicted molar refractivity (Wildman–Crippen MR) is 66.9 cm³/mol. The lowest BCUT2D eigenvalue weighted by Crippen LogP contribution is -1.96. The highest BCUT2D eigenvalue weighted by atomic mass is 32.2. The van der Waals surface area contributed by atoms with Crippen LogP contribution in [0.1, 0.15) is 29.5 Å². The molecule has 3 heteroatoms. The molecular formula is C13H16O2S. The van der Waals surface area contributed by atoms with Crippen molar-refractivity contribution < 1.29 is 9.90 Å². The van der Waals surface area contributed by atoms with Crippen LogP contribution in [0.25, 0.3) is 0 Å². The van der Waals surface area contributed by atoms with Gasteiger partial charge >= 0.3 is 5.97 Å². The van der Waals surface area contributed by atoms with E-state index in [2.05, 4.69) is 18.2 Å². The molecule has 1 aliphatic carbocycles. The second kappa shape index (κ2) is 5.39. The molecule has 0 spiro atoms. The summed E-state index contributed by atoms with van der Waals surface area (Å²) in [5.41, 5.74) is 4.33. The lowest BCUT2D eigenvalue weighted by Gasteiger charge is -2.04. The van der Waals surface area contributed by atoms with Crippen molar-refractivity contribution in [2.45, 2.75) is 31.4 Å². The molecular weight excluding hydrogens is 220 g/mol. The minimum absolute atomic E-state index is 0.260. The number of carboxylic acid groups (broad SMARTS) is 1. The Balaban J connectivity index is 1.83. The summed E-state index contributed by atoms with van der Waals surface area (Å²) < 4.78 is 0. The first-order valence-corrected chi connectivity index (χ1v) is 6.81. The van der Waals surface area contributed by atoms with E-state index in [1.165, 1.54) is 36.0 Å². The SMILES string of the molecule is O=C(O)CCSCc1ccc2c(c1)CCC2. The Hall–Kier alpha value is -0.960. The van der Waals surface area contributed by atoms with Crippen LogP contribution in [0.4, 0.5) is 0 Å². The van der Waals surface area contributed by atoms with Crippen LogP contribution in [0.15, 0.2) is 18.2 Å². The molecule has 0 bridgehead atoms. The van der Waals surface area contributed by atoms with Crippen LogP contribution in [0, 0.1) is 0 Å². The van der Waals surface area contributed by atoms with E-state index in [0.29, 0.717) is 5.75 Å². The van der Waals surface area contributed by atoms with Crippen molar-refractivity contribution in [2.24, 2.45) is 0 Å². The van der Waals surface area contributed by atoms with E-state index in [1.807, 2.05) is 0 Å². The number of benzene rings is 1. The maximum atomic E-state index is 10.4. The third-order valence-electron chi connectivity index (χ3n) is 2.89. The van der Waals surface area contributed by atoms with Gasteiger partial charge in [0.1, 0.15) is 0 Å². The van der Waals surface area contributed by atoms with Gasteiger partial charge in [-0.05, 0) is 36.0 Å². The van der Waals surface area contributed by atoms with E-state index in [-0.39, 0.29) is 6.42 Å². The van der Waals surface area contributed by atoms with Crippen molar-refractivity contribution in [3.05, 3.63) is 34.9 Å². The Kier molecular flexibility index (Phi) is 3.88. The van der Waals surface area contributed by atoms with E-state index in [0.717, 1.165) is 5.75 Å². The van der Waals surface area contributed by atoms with Gasteiger partial charge in [-0.3, -0.25) is 4.79 Å². The van der Waals surface area contributed by atoms with Gasteiger partial charge < -0.3 is 5.11 Å². The Morgan fingerprint density at radius 1 is 1.31 bits per heavy atom. The van der Waals surface area contributed by atoms with Gasteiger partial charge in [0.15, 0.2) is 0 Å². The molecule has 1 aromatic carbocycles. The molecule has 0 saturated carbocycles. The molecule has 1 N–H and O–H groups in total. The minimum Gasteiger partial charge on any atom is -0.481 e. The summed E-state index contributed by atoms with van der Waals surface area (Å²) in [4.78, 5) is 10.4. The van der Waals surface area contributed by atoms with Crippen LogP contribution in [0.5, 0.6) is 0 Å². The van der Waals surface area contributed by atoms with E-state index < -0.39 is 5.97 Å². The topological polar surface area (TPSA) is 37.3 Å². The fourth-order valence-corrected chi connectivity index (χ4v) is 2.94. The highest BCUT2D eigenvalue weighted by Gasteiger charge is 2.10. The molecule has 0 heterocycles. The Bertz CT molecular complexity index is 388. The molecule has 2 rings (SSSR count). The fraction of sp³-hybridized carbons (Fsp3) is 0.462. The van der Waals surface area contributed by atoms with Crippen molar-refractivity contribution >= 4 is 17.7 Å². The van der Waals surface area contributed by atoms with E-state index in [4.69, 9.17) is 5.11 Å². The van der Waals surface area contributed by atoms with Gasteiger partial charge in [-0.1, -0.05) is 18.2 Å². The molecule has 0 saturated heterocycles. The molecule has 0 aromatic heterocycles. The Labute approximate surface area is 100 Å². The zero-order valence-corrected chi connectivity index (χ0v) is 10.1. The van der Waals surface area contributed by atoms with Gasteiger partial charge in [0.25, 0.3) is 0 Å². The second-order valence-corrected chi connectivity index (χ2v) is 5.26. The fourth-order valence-electron chi connectivity index (χ4n) is 2.06. The van der Waals surface area contributed by atoms with Crippen molar-refractivity contribution in [1.82, 2.24) is 0 Å². The molecule has 1 aliphatic rings. The molecule has 0 amide bonds. The first-order valence-electron chi connectivity index (χ1n) is 5.66. The largest absolute Gasteiger partial charge is 0.481 e. The third-order valence-corrected chi connectivity index (χ3v) is 3.92. The van der Waals surface area contributed by atoms with Gasteiger partial charge in [0, 0.05) is 11.5 Å². The predicted octanol–water partition coefficient (Wildman–Crippen LogP) is 2.88. The zero-order chi connectivity index (χ0) is 11.4. The molecule has 0 fully saturated rings. The summed E-state index contributed by atoms with van der Waals surface area (Å²) in [7, 11) is 0. The van der Waals surface area contributed by atoms with Crippen LogP contribution in [0.2, 0.25) is 0 Å². The van der Waals surface area contributed by atoms with Crippen molar-refractivity contribution in [3.8, 4) is 0 Å². The molecule has 1 aromatic rings. The van der Waals surface area contributed by atoms with Crippen LogP contribution in [0.3, 0.4) is 0 Å². The number of carboxylic acids is 1.